The molecular formula is C15H30F9N4O3PSi. The number of ether oxygens (including phenoxy) is 3. The van der Waals surface area contributed by atoms with Crippen LogP contribution in [0.5, 0.6) is 0 Å². The van der Waals surface area contributed by atoms with Gasteiger partial charge in [-0.05, 0) is 47.8 Å². The standard InChI is InChI=1S/C15H30F9N4O3PSi/c1-26(2)32(27(3)4,25-33(6,7)8)28(5)15(29-9-12(16,17)18,30-10-13(19,20)21)31-11-14(22,23)24/h9-11H2,1-8H3. The minimum Gasteiger partial charge on any atom is -0.304 e. The van der Waals surface area contributed by atoms with Crippen molar-refractivity contribution in [1.29, 1.82) is 0 Å². The van der Waals surface area contributed by atoms with Crippen LogP contribution >= 0.6 is 7.51 Å². The zero-order valence-corrected chi connectivity index (χ0v) is 21.4. The number of alkyl halides is 9. The molecule has 0 aromatic heterocycles. The Balaban J connectivity index is 7.04. The summed E-state index contributed by atoms with van der Waals surface area (Å²) in [5.41, 5.74) is 0. The van der Waals surface area contributed by atoms with E-state index >= 15 is 0 Å². The first kappa shape index (κ1) is 32.6. The van der Waals surface area contributed by atoms with E-state index in [2.05, 4.69) is 18.6 Å². The molecule has 0 rings (SSSR count). The number of rotatable bonds is 11. The Labute approximate surface area is 188 Å². The second-order valence-electron chi connectivity index (χ2n) is 8.26. The molecule has 0 aromatic rings. The van der Waals surface area contributed by atoms with Crippen LogP contribution in [0.25, 0.3) is 0 Å². The van der Waals surface area contributed by atoms with Gasteiger partial charge in [-0.15, -0.1) is 0 Å². The number of hydrogen-bond donors (Lipinski definition) is 0. The van der Waals surface area contributed by atoms with E-state index in [1.807, 2.05) is 0 Å². The van der Waals surface area contributed by atoms with Crippen LogP contribution in [0.15, 0.2) is 4.41 Å². The quantitative estimate of drug-likeness (QED) is 0.155. The van der Waals surface area contributed by atoms with Crippen LogP contribution in [-0.2, 0) is 14.2 Å². The lowest BCUT2D eigenvalue weighted by Gasteiger charge is -2.50. The number of nitrogens with zero attached hydrogens (tertiary/aromatic N) is 4. The zero-order valence-electron chi connectivity index (χ0n) is 19.5. The molecule has 7 nitrogen and oxygen atoms in total. The van der Waals surface area contributed by atoms with Gasteiger partial charge in [0.25, 0.3) is 0 Å². The Bertz CT molecular complexity index is 622. The van der Waals surface area contributed by atoms with E-state index in [1.54, 1.807) is 19.6 Å². The highest BCUT2D eigenvalue weighted by Gasteiger charge is 2.54. The van der Waals surface area contributed by atoms with Crippen molar-refractivity contribution in [1.82, 2.24) is 14.0 Å². The average Bonchev–Trinajstić information content (AvgIpc) is 2.55. The van der Waals surface area contributed by atoms with Gasteiger partial charge in [-0.25, -0.2) is 0 Å². The summed E-state index contributed by atoms with van der Waals surface area (Å²) in [6.45, 7) is -1.56. The molecule has 33 heavy (non-hydrogen) atoms. The summed E-state index contributed by atoms with van der Waals surface area (Å²) >= 11 is 0. The molecule has 0 aromatic carbocycles. The van der Waals surface area contributed by atoms with Crippen molar-refractivity contribution in [3.8, 4) is 0 Å². The Morgan fingerprint density at radius 2 is 0.909 bits per heavy atom. The van der Waals surface area contributed by atoms with Gasteiger partial charge in [0.05, 0.1) is 0 Å². The molecule has 18 heteroatoms. The fraction of sp³-hybridized carbons (Fsp3) is 1.00. The van der Waals surface area contributed by atoms with E-state index in [4.69, 9.17) is 0 Å². The zero-order chi connectivity index (χ0) is 26.7. The first-order chi connectivity index (χ1) is 14.4. The van der Waals surface area contributed by atoms with Gasteiger partial charge < -0.3 is 14.2 Å². The highest BCUT2D eigenvalue weighted by atomic mass is 31.2. The van der Waals surface area contributed by atoms with Crippen LogP contribution in [0.3, 0.4) is 0 Å². The fourth-order valence-electron chi connectivity index (χ4n) is 2.63. The second-order valence-corrected chi connectivity index (χ2v) is 16.7. The van der Waals surface area contributed by atoms with Crippen molar-refractivity contribution in [3.63, 3.8) is 0 Å². The topological polar surface area (TPSA) is 49.8 Å². The third-order valence-corrected chi connectivity index (χ3v) is 10.2. The van der Waals surface area contributed by atoms with Crippen LogP contribution in [0.1, 0.15) is 0 Å². The van der Waals surface area contributed by atoms with Crippen molar-refractivity contribution in [2.45, 2.75) is 44.3 Å². The second kappa shape index (κ2) is 11.1. The Kier molecular flexibility index (Phi) is 11.0. The van der Waals surface area contributed by atoms with E-state index < -0.39 is 60.2 Å². The summed E-state index contributed by atoms with van der Waals surface area (Å²) in [4.78, 5) is 0. The lowest BCUT2D eigenvalue weighted by molar-refractivity contribution is -0.460. The summed E-state index contributed by atoms with van der Waals surface area (Å²) in [7, 11) is 0.618. The maximum absolute atomic E-state index is 13.0. The van der Waals surface area contributed by atoms with Crippen molar-refractivity contribution < 1.29 is 53.7 Å². The molecule has 0 heterocycles. The summed E-state index contributed by atoms with van der Waals surface area (Å²) in [5.74, 6) is 0. The molecule has 0 bridgehead atoms. The highest BCUT2D eigenvalue weighted by molar-refractivity contribution is 7.60. The van der Waals surface area contributed by atoms with Crippen molar-refractivity contribution >= 4 is 15.7 Å². The van der Waals surface area contributed by atoms with Gasteiger partial charge in [-0.2, -0.15) is 44.2 Å². The van der Waals surface area contributed by atoms with E-state index in [-0.39, 0.29) is 0 Å². The summed E-state index contributed by atoms with van der Waals surface area (Å²) in [6.07, 6.45) is -18.9. The van der Waals surface area contributed by atoms with Crippen LogP contribution in [0.4, 0.5) is 39.5 Å². The number of halogens is 9. The van der Waals surface area contributed by atoms with Crippen LogP contribution in [0.2, 0.25) is 19.6 Å². The lowest BCUT2D eigenvalue weighted by atomic mass is 10.6. The molecule has 0 unspecified atom stereocenters. The molecule has 0 saturated heterocycles. The fourth-order valence-corrected chi connectivity index (χ4v) is 10.1. The highest BCUT2D eigenvalue weighted by Crippen LogP contribution is 2.60. The van der Waals surface area contributed by atoms with Crippen LogP contribution in [-0.4, -0.2) is 102 Å². The molecule has 0 aliphatic heterocycles. The molecule has 0 fully saturated rings. The Morgan fingerprint density at radius 1 is 0.636 bits per heavy atom. The van der Waals surface area contributed by atoms with E-state index in [0.717, 1.165) is 7.05 Å². The van der Waals surface area contributed by atoms with Gasteiger partial charge in [-0.3, -0.25) is 13.8 Å². The minimum atomic E-state index is -5.12. The van der Waals surface area contributed by atoms with Gasteiger partial charge in [0.1, 0.15) is 19.8 Å². The summed E-state index contributed by atoms with van der Waals surface area (Å²) in [5, 5.41) is 0. The van der Waals surface area contributed by atoms with Gasteiger partial charge in [0.15, 0.2) is 15.7 Å². The molecule has 0 amide bonds. The molecule has 0 spiro atoms. The maximum atomic E-state index is 13.0. The van der Waals surface area contributed by atoms with E-state index in [0.29, 0.717) is 4.67 Å². The minimum absolute atomic E-state index is 0.640. The van der Waals surface area contributed by atoms with Crippen molar-refractivity contribution in [2.24, 2.45) is 4.41 Å². The van der Waals surface area contributed by atoms with Crippen LogP contribution < -0.4 is 0 Å². The summed E-state index contributed by atoms with van der Waals surface area (Å²) in [6, 6.07) is 0. The molecule has 0 saturated carbocycles. The van der Waals surface area contributed by atoms with Crippen molar-refractivity contribution in [3.05, 3.63) is 0 Å². The Morgan fingerprint density at radius 3 is 1.09 bits per heavy atom. The van der Waals surface area contributed by atoms with E-state index in [9.17, 15) is 39.5 Å². The largest absolute Gasteiger partial charge is 0.412 e. The molecule has 0 aliphatic rings. The average molecular weight is 544 g/mol. The predicted octanol–water partition coefficient (Wildman–Crippen LogP) is 5.17. The first-order valence-electron chi connectivity index (χ1n) is 9.22. The predicted molar refractivity (Wildman–Crippen MR) is 107 cm³/mol. The SMILES string of the molecule is CN(C)P(=N[Si](C)(C)C)(N(C)C)N(C)C(OCC(F)(F)F)(OCC(F)(F)F)OCC(F)(F)F. The van der Waals surface area contributed by atoms with E-state index in [1.165, 1.54) is 37.5 Å². The molecule has 0 aliphatic carbocycles. The van der Waals surface area contributed by atoms with Crippen molar-refractivity contribution in [2.75, 3.05) is 55.1 Å². The first-order valence-corrected chi connectivity index (χ1v) is 14.3. The molecule has 200 valence electrons. The third kappa shape index (κ3) is 10.8. The normalized spacial score (nSPS) is 15.2. The molecule has 0 radical (unpaired) electrons. The maximum Gasteiger partial charge on any atom is 0.412 e. The third-order valence-electron chi connectivity index (χ3n) is 3.56. The van der Waals surface area contributed by atoms with Crippen LogP contribution in [0, 0.1) is 0 Å². The Hall–Kier alpha value is -0.423. The van der Waals surface area contributed by atoms with Gasteiger partial charge in [0.2, 0.25) is 0 Å². The lowest BCUT2D eigenvalue weighted by Crippen LogP contribution is -2.57. The van der Waals surface area contributed by atoms with Gasteiger partial charge in [-0.1, -0.05) is 0 Å². The van der Waals surface area contributed by atoms with Gasteiger partial charge >= 0.3 is 24.6 Å². The molecule has 0 N–H and O–H groups in total. The van der Waals surface area contributed by atoms with Gasteiger partial charge in [0, 0.05) is 7.05 Å². The number of hydrogen-bond acceptors (Lipinski definition) is 4. The summed E-state index contributed by atoms with van der Waals surface area (Å²) < 4.78 is 138. The smallest absolute Gasteiger partial charge is 0.304 e. The monoisotopic (exact) mass is 544 g/mol. The molecular weight excluding hydrogens is 514 g/mol. The molecule has 0 atom stereocenters.